The highest BCUT2D eigenvalue weighted by Gasteiger charge is 2.25. The maximum atomic E-state index is 3.66. The Labute approximate surface area is 129 Å². The van der Waals surface area contributed by atoms with Crippen molar-refractivity contribution in [2.75, 3.05) is 6.54 Å². The summed E-state index contributed by atoms with van der Waals surface area (Å²) >= 11 is 0. The van der Waals surface area contributed by atoms with Gasteiger partial charge in [0.1, 0.15) is 0 Å². The topological polar surface area (TPSA) is 12.0 Å². The molecule has 122 valence electrons. The Morgan fingerprint density at radius 2 is 1.25 bits per heavy atom. The quantitative estimate of drug-likeness (QED) is 0.368. The Bertz CT molecular complexity index is 194. The van der Waals surface area contributed by atoms with Crippen molar-refractivity contribution in [2.24, 2.45) is 5.41 Å². The second kappa shape index (κ2) is 12.7. The highest BCUT2D eigenvalue weighted by molar-refractivity contribution is 4.79. The molecule has 0 fully saturated rings. The van der Waals surface area contributed by atoms with Crippen molar-refractivity contribution in [3.8, 4) is 0 Å². The number of hydrogen-bond donors (Lipinski definition) is 1. The van der Waals surface area contributed by atoms with Crippen LogP contribution in [0.3, 0.4) is 0 Å². The van der Waals surface area contributed by atoms with Gasteiger partial charge in [-0.3, -0.25) is 0 Å². The zero-order valence-electron chi connectivity index (χ0n) is 15.1. The average molecular weight is 284 g/mol. The van der Waals surface area contributed by atoms with Crippen LogP contribution in [0.2, 0.25) is 0 Å². The van der Waals surface area contributed by atoms with Crippen LogP contribution in [-0.4, -0.2) is 12.6 Å². The molecule has 0 rings (SSSR count). The molecule has 0 aliphatic heterocycles. The van der Waals surface area contributed by atoms with Gasteiger partial charge in [-0.1, -0.05) is 86.0 Å². The molecule has 1 heteroatoms. The van der Waals surface area contributed by atoms with Crippen LogP contribution in [0, 0.1) is 5.41 Å². The first-order chi connectivity index (χ1) is 9.60. The lowest BCUT2D eigenvalue weighted by atomic mass is 9.77. The van der Waals surface area contributed by atoms with Crippen LogP contribution >= 0.6 is 0 Å². The third-order valence-corrected chi connectivity index (χ3v) is 4.95. The second-order valence-corrected chi connectivity index (χ2v) is 6.97. The van der Waals surface area contributed by atoms with E-state index in [9.17, 15) is 0 Å². The van der Waals surface area contributed by atoms with E-state index in [-0.39, 0.29) is 0 Å². The summed E-state index contributed by atoms with van der Waals surface area (Å²) < 4.78 is 0. The minimum atomic E-state index is 0.548. The monoisotopic (exact) mass is 283 g/mol. The van der Waals surface area contributed by atoms with Crippen molar-refractivity contribution in [2.45, 2.75) is 111 Å². The second-order valence-electron chi connectivity index (χ2n) is 6.97. The maximum absolute atomic E-state index is 3.66. The lowest BCUT2D eigenvalue weighted by molar-refractivity contribution is 0.214. The molecule has 0 aromatic carbocycles. The molecule has 0 unspecified atom stereocenters. The van der Waals surface area contributed by atoms with Crippen molar-refractivity contribution < 1.29 is 0 Å². The normalized spacial score (nSPS) is 12.3. The van der Waals surface area contributed by atoms with E-state index in [0.29, 0.717) is 11.5 Å². The summed E-state index contributed by atoms with van der Waals surface area (Å²) in [5.41, 5.74) is 0.548. The van der Waals surface area contributed by atoms with E-state index in [1.54, 1.807) is 0 Å². The lowest BCUT2D eigenvalue weighted by Gasteiger charge is -2.33. The molecule has 0 spiro atoms. The van der Waals surface area contributed by atoms with E-state index >= 15 is 0 Å². The summed E-state index contributed by atoms with van der Waals surface area (Å²) in [5.74, 6) is 0. The highest BCUT2D eigenvalue weighted by atomic mass is 14.9. The van der Waals surface area contributed by atoms with Crippen LogP contribution in [-0.2, 0) is 0 Å². The zero-order chi connectivity index (χ0) is 15.3. The summed E-state index contributed by atoms with van der Waals surface area (Å²) in [7, 11) is 0. The van der Waals surface area contributed by atoms with Gasteiger partial charge in [0, 0.05) is 12.6 Å². The standard InChI is InChI=1S/C19H41N/c1-6-9-10-11-12-13-14-15-16-19(7-2,8-3)17-20-18(4)5/h18,20H,6-17H2,1-5H3. The largest absolute Gasteiger partial charge is 0.314 e. The van der Waals surface area contributed by atoms with Crippen LogP contribution < -0.4 is 5.32 Å². The molecule has 0 bridgehead atoms. The predicted octanol–water partition coefficient (Wildman–Crippen LogP) is 6.32. The molecular formula is C19H41N. The highest BCUT2D eigenvalue weighted by Crippen LogP contribution is 2.32. The molecule has 0 aromatic heterocycles. The molecule has 0 radical (unpaired) electrons. The summed E-state index contributed by atoms with van der Waals surface area (Å²) in [6, 6.07) is 0.617. The molecule has 0 saturated heterocycles. The first-order valence-corrected chi connectivity index (χ1v) is 9.33. The smallest absolute Gasteiger partial charge is 0.00106 e. The van der Waals surface area contributed by atoms with Gasteiger partial charge >= 0.3 is 0 Å². The fourth-order valence-corrected chi connectivity index (χ4v) is 3.00. The average Bonchev–Trinajstić information content (AvgIpc) is 2.45. The summed E-state index contributed by atoms with van der Waals surface area (Å²) in [6.45, 7) is 12.7. The SMILES string of the molecule is CCCCCCCCCCC(CC)(CC)CNC(C)C. The lowest BCUT2D eigenvalue weighted by Crippen LogP contribution is -2.37. The predicted molar refractivity (Wildman–Crippen MR) is 93.4 cm³/mol. The third-order valence-electron chi connectivity index (χ3n) is 4.95. The summed E-state index contributed by atoms with van der Waals surface area (Å²) in [5, 5.41) is 3.66. The fraction of sp³-hybridized carbons (Fsp3) is 1.00. The van der Waals surface area contributed by atoms with Crippen molar-refractivity contribution in [3.05, 3.63) is 0 Å². The molecule has 1 nitrogen and oxygen atoms in total. The Morgan fingerprint density at radius 3 is 1.70 bits per heavy atom. The van der Waals surface area contributed by atoms with Gasteiger partial charge in [-0.25, -0.2) is 0 Å². The Balaban J connectivity index is 3.74. The van der Waals surface area contributed by atoms with Gasteiger partial charge in [0.2, 0.25) is 0 Å². The molecule has 0 aromatic rings. The van der Waals surface area contributed by atoms with E-state index in [2.05, 4.69) is 39.9 Å². The Morgan fingerprint density at radius 1 is 0.750 bits per heavy atom. The van der Waals surface area contributed by atoms with Crippen molar-refractivity contribution in [1.82, 2.24) is 5.32 Å². The Kier molecular flexibility index (Phi) is 12.7. The molecule has 0 aliphatic carbocycles. The van der Waals surface area contributed by atoms with Crippen LogP contribution in [0.1, 0.15) is 105 Å². The summed E-state index contributed by atoms with van der Waals surface area (Å²) in [6.07, 6.45) is 15.5. The fourth-order valence-electron chi connectivity index (χ4n) is 3.00. The number of unbranched alkanes of at least 4 members (excludes halogenated alkanes) is 7. The molecule has 0 saturated carbocycles. The molecular weight excluding hydrogens is 242 g/mol. The van der Waals surface area contributed by atoms with Crippen molar-refractivity contribution in [3.63, 3.8) is 0 Å². The van der Waals surface area contributed by atoms with Gasteiger partial charge in [-0.2, -0.15) is 0 Å². The van der Waals surface area contributed by atoms with Gasteiger partial charge in [0.15, 0.2) is 0 Å². The molecule has 1 N–H and O–H groups in total. The number of nitrogens with one attached hydrogen (secondary N) is 1. The zero-order valence-corrected chi connectivity index (χ0v) is 15.1. The van der Waals surface area contributed by atoms with Gasteiger partial charge in [0.25, 0.3) is 0 Å². The molecule has 0 amide bonds. The summed E-state index contributed by atoms with van der Waals surface area (Å²) in [4.78, 5) is 0. The van der Waals surface area contributed by atoms with Crippen LogP contribution in [0.5, 0.6) is 0 Å². The third kappa shape index (κ3) is 9.80. The van der Waals surface area contributed by atoms with E-state index < -0.39 is 0 Å². The number of hydrogen-bond acceptors (Lipinski definition) is 1. The van der Waals surface area contributed by atoms with Gasteiger partial charge in [0.05, 0.1) is 0 Å². The molecule has 0 heterocycles. The van der Waals surface area contributed by atoms with Crippen LogP contribution in [0.15, 0.2) is 0 Å². The maximum Gasteiger partial charge on any atom is 0.00106 e. The van der Waals surface area contributed by atoms with Gasteiger partial charge in [-0.05, 0) is 24.7 Å². The van der Waals surface area contributed by atoms with E-state index in [1.807, 2.05) is 0 Å². The molecule has 20 heavy (non-hydrogen) atoms. The van der Waals surface area contributed by atoms with E-state index in [4.69, 9.17) is 0 Å². The number of rotatable bonds is 14. The molecule has 0 atom stereocenters. The van der Waals surface area contributed by atoms with E-state index in [0.717, 1.165) is 0 Å². The van der Waals surface area contributed by atoms with Crippen molar-refractivity contribution >= 4 is 0 Å². The minimum Gasteiger partial charge on any atom is -0.314 e. The minimum absolute atomic E-state index is 0.548. The van der Waals surface area contributed by atoms with Crippen molar-refractivity contribution in [1.29, 1.82) is 0 Å². The molecule has 0 aliphatic rings. The van der Waals surface area contributed by atoms with Gasteiger partial charge < -0.3 is 5.32 Å². The Hall–Kier alpha value is -0.0400. The van der Waals surface area contributed by atoms with Crippen LogP contribution in [0.25, 0.3) is 0 Å². The van der Waals surface area contributed by atoms with Gasteiger partial charge in [-0.15, -0.1) is 0 Å². The first-order valence-electron chi connectivity index (χ1n) is 9.33. The first kappa shape index (κ1) is 20.0. The van der Waals surface area contributed by atoms with E-state index in [1.165, 1.54) is 77.2 Å². The van der Waals surface area contributed by atoms with Crippen LogP contribution in [0.4, 0.5) is 0 Å².